The predicted molar refractivity (Wildman–Crippen MR) is 88.5 cm³/mol. The van der Waals surface area contributed by atoms with Crippen LogP contribution in [0.2, 0.25) is 0 Å². The van der Waals surface area contributed by atoms with E-state index >= 15 is 0 Å². The van der Waals surface area contributed by atoms with Crippen molar-refractivity contribution in [2.45, 2.75) is 6.92 Å². The zero-order valence-corrected chi connectivity index (χ0v) is 12.2. The lowest BCUT2D eigenvalue weighted by atomic mass is 9.99. The van der Waals surface area contributed by atoms with Gasteiger partial charge in [0, 0.05) is 20.2 Å². The second kappa shape index (κ2) is 4.30. The standard InChI is InChI=1S/C18H12O2S/c1-10-5-4-8-14-15(10)16-13(18(19)20)9-11-6-2-3-7-12(11)17(16)21-14/h2-9H,1H3,(H,19,20). The van der Waals surface area contributed by atoms with E-state index in [0.717, 1.165) is 36.5 Å². The zero-order valence-electron chi connectivity index (χ0n) is 11.4. The summed E-state index contributed by atoms with van der Waals surface area (Å²) in [7, 11) is 0. The van der Waals surface area contributed by atoms with E-state index < -0.39 is 5.97 Å². The highest BCUT2D eigenvalue weighted by atomic mass is 32.1. The molecule has 0 aliphatic heterocycles. The van der Waals surface area contributed by atoms with Crippen molar-refractivity contribution in [3.05, 3.63) is 59.7 Å². The van der Waals surface area contributed by atoms with Crippen LogP contribution in [0.3, 0.4) is 0 Å². The van der Waals surface area contributed by atoms with Crippen LogP contribution in [-0.4, -0.2) is 11.1 Å². The Bertz CT molecular complexity index is 1030. The summed E-state index contributed by atoms with van der Waals surface area (Å²) in [6, 6.07) is 15.9. The second-order valence-electron chi connectivity index (χ2n) is 5.20. The maximum absolute atomic E-state index is 11.7. The SMILES string of the molecule is Cc1cccc2sc3c4ccccc4cc(C(=O)O)c3c12. The van der Waals surface area contributed by atoms with Crippen molar-refractivity contribution in [3.63, 3.8) is 0 Å². The van der Waals surface area contributed by atoms with Gasteiger partial charge >= 0.3 is 5.97 Å². The van der Waals surface area contributed by atoms with E-state index in [1.807, 2.05) is 37.3 Å². The minimum Gasteiger partial charge on any atom is -0.478 e. The Kier molecular flexibility index (Phi) is 2.53. The van der Waals surface area contributed by atoms with Crippen molar-refractivity contribution < 1.29 is 9.90 Å². The van der Waals surface area contributed by atoms with Gasteiger partial charge in [-0.3, -0.25) is 0 Å². The molecule has 0 fully saturated rings. The highest BCUT2D eigenvalue weighted by Gasteiger charge is 2.17. The monoisotopic (exact) mass is 292 g/mol. The number of aryl methyl sites for hydroxylation is 1. The molecule has 4 rings (SSSR count). The predicted octanol–water partition coefficient (Wildman–Crippen LogP) is 5.21. The fourth-order valence-corrected chi connectivity index (χ4v) is 4.33. The lowest BCUT2D eigenvalue weighted by molar-refractivity contribution is 0.0699. The normalized spacial score (nSPS) is 11.5. The molecule has 1 aromatic heterocycles. The topological polar surface area (TPSA) is 37.3 Å². The van der Waals surface area contributed by atoms with Crippen LogP contribution >= 0.6 is 11.3 Å². The van der Waals surface area contributed by atoms with Crippen LogP contribution in [0.25, 0.3) is 30.9 Å². The summed E-state index contributed by atoms with van der Waals surface area (Å²) >= 11 is 1.67. The average molecular weight is 292 g/mol. The summed E-state index contributed by atoms with van der Waals surface area (Å²) in [6.45, 7) is 2.04. The second-order valence-corrected chi connectivity index (χ2v) is 6.26. The van der Waals surface area contributed by atoms with Crippen molar-refractivity contribution in [1.29, 1.82) is 0 Å². The number of hydrogen-bond donors (Lipinski definition) is 1. The molecule has 0 aliphatic carbocycles. The zero-order chi connectivity index (χ0) is 14.6. The number of benzene rings is 3. The van der Waals surface area contributed by atoms with Crippen LogP contribution < -0.4 is 0 Å². The van der Waals surface area contributed by atoms with Gasteiger partial charge in [-0.05, 0) is 35.4 Å². The summed E-state index contributed by atoms with van der Waals surface area (Å²) in [5.41, 5.74) is 1.51. The van der Waals surface area contributed by atoms with Gasteiger partial charge in [-0.1, -0.05) is 36.4 Å². The van der Waals surface area contributed by atoms with Gasteiger partial charge in [0.25, 0.3) is 0 Å². The Hall–Kier alpha value is -2.39. The molecule has 0 unspecified atom stereocenters. The Labute approximate surface area is 125 Å². The first kappa shape index (κ1) is 12.4. The molecule has 1 heterocycles. The minimum atomic E-state index is -0.867. The molecule has 0 bridgehead atoms. The van der Waals surface area contributed by atoms with E-state index in [4.69, 9.17) is 0 Å². The quantitative estimate of drug-likeness (QED) is 0.522. The summed E-state index contributed by atoms with van der Waals surface area (Å²) in [5, 5.41) is 13.7. The first-order valence-electron chi connectivity index (χ1n) is 6.73. The third-order valence-corrected chi connectivity index (χ3v) is 5.12. The van der Waals surface area contributed by atoms with Crippen LogP contribution in [-0.2, 0) is 0 Å². The van der Waals surface area contributed by atoms with Crippen molar-refractivity contribution in [1.82, 2.24) is 0 Å². The highest BCUT2D eigenvalue weighted by Crippen LogP contribution is 2.41. The van der Waals surface area contributed by atoms with Crippen LogP contribution in [0.5, 0.6) is 0 Å². The van der Waals surface area contributed by atoms with Crippen LogP contribution in [0, 0.1) is 6.92 Å². The van der Waals surface area contributed by atoms with Crippen LogP contribution in [0.4, 0.5) is 0 Å². The van der Waals surface area contributed by atoms with E-state index in [1.165, 1.54) is 0 Å². The highest BCUT2D eigenvalue weighted by molar-refractivity contribution is 7.26. The van der Waals surface area contributed by atoms with Crippen molar-refractivity contribution in [3.8, 4) is 0 Å². The third-order valence-electron chi connectivity index (χ3n) is 3.93. The maximum atomic E-state index is 11.7. The van der Waals surface area contributed by atoms with Crippen LogP contribution in [0.1, 0.15) is 15.9 Å². The van der Waals surface area contributed by atoms with Crippen molar-refractivity contribution in [2.75, 3.05) is 0 Å². The summed E-state index contributed by atoms with van der Waals surface area (Å²) in [5.74, 6) is -0.867. The van der Waals surface area contributed by atoms with Gasteiger partial charge in [-0.25, -0.2) is 4.79 Å². The maximum Gasteiger partial charge on any atom is 0.336 e. The molecular formula is C18H12O2S. The molecule has 0 saturated heterocycles. The number of fused-ring (bicyclic) bond motifs is 5. The molecule has 0 saturated carbocycles. The van der Waals surface area contributed by atoms with Gasteiger partial charge in [0.2, 0.25) is 0 Å². The number of carboxylic acid groups (broad SMARTS) is 1. The number of carboxylic acids is 1. The molecule has 1 N–H and O–H groups in total. The fourth-order valence-electron chi connectivity index (χ4n) is 2.99. The van der Waals surface area contributed by atoms with Gasteiger partial charge in [0.15, 0.2) is 0 Å². The minimum absolute atomic E-state index is 0.393. The molecule has 0 aliphatic rings. The largest absolute Gasteiger partial charge is 0.478 e. The van der Waals surface area contributed by atoms with Gasteiger partial charge < -0.3 is 5.11 Å². The number of aromatic carboxylic acids is 1. The summed E-state index contributed by atoms with van der Waals surface area (Å²) < 4.78 is 2.21. The molecule has 2 nitrogen and oxygen atoms in total. The molecule has 0 amide bonds. The Balaban J connectivity index is 2.38. The molecule has 4 aromatic rings. The van der Waals surface area contributed by atoms with E-state index in [9.17, 15) is 9.90 Å². The Morgan fingerprint density at radius 3 is 2.67 bits per heavy atom. The van der Waals surface area contributed by atoms with E-state index in [0.29, 0.717) is 5.56 Å². The van der Waals surface area contributed by atoms with Crippen molar-refractivity contribution in [2.24, 2.45) is 0 Å². The summed E-state index contributed by atoms with van der Waals surface area (Å²) in [6.07, 6.45) is 0. The number of rotatable bonds is 1. The lowest BCUT2D eigenvalue weighted by Crippen LogP contribution is -1.97. The molecule has 0 radical (unpaired) electrons. The molecular weight excluding hydrogens is 280 g/mol. The first-order chi connectivity index (χ1) is 10.2. The van der Waals surface area contributed by atoms with Gasteiger partial charge in [0.05, 0.1) is 5.56 Å². The number of carbonyl (C=O) groups is 1. The van der Waals surface area contributed by atoms with Crippen molar-refractivity contribution >= 4 is 48.3 Å². The van der Waals surface area contributed by atoms with Crippen LogP contribution in [0.15, 0.2) is 48.5 Å². The van der Waals surface area contributed by atoms with Gasteiger partial charge in [0.1, 0.15) is 0 Å². The summed E-state index contributed by atoms with van der Waals surface area (Å²) in [4.78, 5) is 11.7. The third kappa shape index (κ3) is 1.68. The fraction of sp³-hybridized carbons (Fsp3) is 0.0556. The molecule has 0 spiro atoms. The van der Waals surface area contributed by atoms with E-state index in [-0.39, 0.29) is 0 Å². The van der Waals surface area contributed by atoms with Gasteiger partial charge in [-0.15, -0.1) is 11.3 Å². The smallest absolute Gasteiger partial charge is 0.336 e. The van der Waals surface area contributed by atoms with Gasteiger partial charge in [-0.2, -0.15) is 0 Å². The Morgan fingerprint density at radius 2 is 1.86 bits per heavy atom. The average Bonchev–Trinajstić information content (AvgIpc) is 2.87. The first-order valence-corrected chi connectivity index (χ1v) is 7.55. The molecule has 3 aromatic carbocycles. The molecule has 21 heavy (non-hydrogen) atoms. The molecule has 102 valence electrons. The molecule has 0 atom stereocenters. The van der Waals surface area contributed by atoms with E-state index in [2.05, 4.69) is 12.1 Å². The lowest BCUT2D eigenvalue weighted by Gasteiger charge is -2.05. The van der Waals surface area contributed by atoms with E-state index in [1.54, 1.807) is 17.4 Å². The Morgan fingerprint density at radius 1 is 1.05 bits per heavy atom. The number of hydrogen-bond acceptors (Lipinski definition) is 2. The molecule has 3 heteroatoms. The number of thiophene rings is 1.